The molecule has 0 N–H and O–H groups in total. The largest absolute Gasteiger partial charge is 0.494 e. The maximum Gasteiger partial charge on any atom is 0.494 e. The molecule has 0 radical (unpaired) electrons. The lowest BCUT2D eigenvalue weighted by atomic mass is 9.79. The molecule has 0 atom stereocenters. The molecule has 2 aromatic rings. The van der Waals surface area contributed by atoms with Gasteiger partial charge in [-0.05, 0) is 39.2 Å². The third-order valence-electron chi connectivity index (χ3n) is 4.43. The van der Waals surface area contributed by atoms with Crippen molar-refractivity contribution in [3.05, 3.63) is 29.1 Å². The van der Waals surface area contributed by atoms with Gasteiger partial charge in [0, 0.05) is 15.5 Å². The number of rotatable bonds is 1. The Bertz CT molecular complexity index is 705. The van der Waals surface area contributed by atoms with E-state index in [-0.39, 0.29) is 5.39 Å². The predicted molar refractivity (Wildman–Crippen MR) is 82.5 cm³/mol. The van der Waals surface area contributed by atoms with Gasteiger partial charge in [-0.3, -0.25) is 0 Å². The first-order valence-electron chi connectivity index (χ1n) is 6.95. The zero-order valence-electron chi connectivity index (χ0n) is 12.7. The maximum atomic E-state index is 12.9. The second kappa shape index (κ2) is 4.72. The summed E-state index contributed by atoms with van der Waals surface area (Å²) in [4.78, 5) is 0. The third-order valence-corrected chi connectivity index (χ3v) is 5.38. The van der Waals surface area contributed by atoms with Crippen LogP contribution in [0.5, 0.6) is 0 Å². The molecule has 1 aromatic carbocycles. The average molecular weight is 328 g/mol. The summed E-state index contributed by atoms with van der Waals surface area (Å²) in [5, 5.41) is 1.37. The predicted octanol–water partition coefficient (Wildman–Crippen LogP) is 4.22. The highest BCUT2D eigenvalue weighted by molar-refractivity contribution is 7.17. The summed E-state index contributed by atoms with van der Waals surface area (Å²) in [5.74, 6) is 0. The van der Waals surface area contributed by atoms with Crippen molar-refractivity contribution in [3.63, 3.8) is 0 Å². The van der Waals surface area contributed by atoms with E-state index in [0.717, 1.165) is 22.2 Å². The second-order valence-electron chi connectivity index (χ2n) is 6.49. The van der Waals surface area contributed by atoms with Gasteiger partial charge in [-0.15, -0.1) is 11.3 Å². The molecule has 0 bridgehead atoms. The quantitative estimate of drug-likeness (QED) is 0.730. The number of benzene rings is 1. The van der Waals surface area contributed by atoms with Crippen molar-refractivity contribution < 1.29 is 22.5 Å². The van der Waals surface area contributed by atoms with Crippen molar-refractivity contribution in [2.45, 2.75) is 45.1 Å². The molecule has 0 unspecified atom stereocenters. The molecule has 1 saturated heterocycles. The molecule has 1 aliphatic rings. The van der Waals surface area contributed by atoms with Crippen LogP contribution in [0.25, 0.3) is 10.1 Å². The Morgan fingerprint density at radius 1 is 1.05 bits per heavy atom. The Hall–Kier alpha value is -1.05. The van der Waals surface area contributed by atoms with E-state index in [1.54, 1.807) is 12.1 Å². The SMILES string of the molecule is CC1(C)OB(c2ccc3c(C(F)(F)F)csc3c2)OC1(C)C. The van der Waals surface area contributed by atoms with Crippen LogP contribution in [0.4, 0.5) is 13.2 Å². The molecule has 1 aliphatic heterocycles. The van der Waals surface area contributed by atoms with Gasteiger partial charge in [0.2, 0.25) is 0 Å². The Balaban J connectivity index is 1.98. The first-order valence-corrected chi connectivity index (χ1v) is 7.83. The van der Waals surface area contributed by atoms with Gasteiger partial charge in [-0.1, -0.05) is 12.1 Å². The van der Waals surface area contributed by atoms with E-state index in [4.69, 9.17) is 9.31 Å². The molecular weight excluding hydrogens is 312 g/mol. The van der Waals surface area contributed by atoms with Crippen molar-refractivity contribution in [2.75, 3.05) is 0 Å². The Kier molecular flexibility index (Phi) is 3.40. The topological polar surface area (TPSA) is 18.5 Å². The second-order valence-corrected chi connectivity index (χ2v) is 7.40. The van der Waals surface area contributed by atoms with Crippen molar-refractivity contribution in [2.24, 2.45) is 0 Å². The molecule has 0 saturated carbocycles. The van der Waals surface area contributed by atoms with Gasteiger partial charge in [0.25, 0.3) is 0 Å². The lowest BCUT2D eigenvalue weighted by molar-refractivity contribution is -0.136. The summed E-state index contributed by atoms with van der Waals surface area (Å²) in [7, 11) is -0.564. The summed E-state index contributed by atoms with van der Waals surface area (Å²) in [5.41, 5.74) is -0.798. The van der Waals surface area contributed by atoms with E-state index < -0.39 is 30.1 Å². The zero-order chi connectivity index (χ0) is 16.3. The highest BCUT2D eigenvalue weighted by atomic mass is 32.1. The summed E-state index contributed by atoms with van der Waals surface area (Å²) in [6.07, 6.45) is -4.33. The van der Waals surface area contributed by atoms with Crippen molar-refractivity contribution in [1.29, 1.82) is 0 Å². The van der Waals surface area contributed by atoms with Crippen LogP contribution in [0, 0.1) is 0 Å². The van der Waals surface area contributed by atoms with Crippen LogP contribution in [0.3, 0.4) is 0 Å². The van der Waals surface area contributed by atoms with Gasteiger partial charge in [-0.25, -0.2) is 0 Å². The molecular formula is C15H16BF3O2S. The molecule has 2 heterocycles. The fourth-order valence-corrected chi connectivity index (χ4v) is 3.40. The third kappa shape index (κ3) is 2.45. The molecule has 0 amide bonds. The van der Waals surface area contributed by atoms with Crippen molar-refractivity contribution in [1.82, 2.24) is 0 Å². The summed E-state index contributed by atoms with van der Waals surface area (Å²) < 4.78 is 51.2. The van der Waals surface area contributed by atoms with Gasteiger partial charge >= 0.3 is 13.3 Å². The molecule has 2 nitrogen and oxygen atoms in total. The van der Waals surface area contributed by atoms with Gasteiger partial charge < -0.3 is 9.31 Å². The smallest absolute Gasteiger partial charge is 0.399 e. The van der Waals surface area contributed by atoms with Crippen LogP contribution in [0.2, 0.25) is 0 Å². The molecule has 22 heavy (non-hydrogen) atoms. The van der Waals surface area contributed by atoms with Gasteiger partial charge in [0.05, 0.1) is 16.8 Å². The van der Waals surface area contributed by atoms with E-state index in [2.05, 4.69) is 0 Å². The molecule has 1 aromatic heterocycles. The monoisotopic (exact) mass is 328 g/mol. The van der Waals surface area contributed by atoms with Crippen LogP contribution < -0.4 is 5.46 Å². The van der Waals surface area contributed by atoms with Crippen LogP contribution in [0.15, 0.2) is 23.6 Å². The Morgan fingerprint density at radius 3 is 2.18 bits per heavy atom. The van der Waals surface area contributed by atoms with Crippen LogP contribution >= 0.6 is 11.3 Å². The number of hydrogen-bond acceptors (Lipinski definition) is 3. The minimum absolute atomic E-state index is 0.220. The minimum Gasteiger partial charge on any atom is -0.399 e. The standard InChI is InChI=1S/C15H16BF3O2S/c1-13(2)14(3,4)21-16(20-13)9-5-6-10-11(15(17,18)19)8-22-12(10)7-9/h5-8H,1-4H3. The number of fused-ring (bicyclic) bond motifs is 1. The van der Waals surface area contributed by atoms with Crippen LogP contribution in [0.1, 0.15) is 33.3 Å². The zero-order valence-corrected chi connectivity index (χ0v) is 13.6. The molecule has 1 fully saturated rings. The lowest BCUT2D eigenvalue weighted by Gasteiger charge is -2.32. The van der Waals surface area contributed by atoms with E-state index in [9.17, 15) is 13.2 Å². The van der Waals surface area contributed by atoms with Crippen LogP contribution in [-0.2, 0) is 15.5 Å². The first kappa shape index (κ1) is 15.8. The lowest BCUT2D eigenvalue weighted by Crippen LogP contribution is -2.41. The van der Waals surface area contributed by atoms with Gasteiger partial charge in [0.1, 0.15) is 0 Å². The van der Waals surface area contributed by atoms with E-state index in [1.165, 1.54) is 6.07 Å². The molecule has 0 aliphatic carbocycles. The molecule has 118 valence electrons. The fraction of sp³-hybridized carbons (Fsp3) is 0.467. The average Bonchev–Trinajstić information content (AvgIpc) is 2.87. The van der Waals surface area contributed by atoms with E-state index in [0.29, 0.717) is 4.70 Å². The van der Waals surface area contributed by atoms with Crippen LogP contribution in [-0.4, -0.2) is 18.3 Å². The molecule has 0 spiro atoms. The number of hydrogen-bond donors (Lipinski definition) is 0. The first-order chi connectivity index (χ1) is 10.0. The Morgan fingerprint density at radius 2 is 1.64 bits per heavy atom. The van der Waals surface area contributed by atoms with Crippen molar-refractivity contribution >= 4 is 34.0 Å². The number of halogens is 3. The molecule has 3 rings (SSSR count). The minimum atomic E-state index is -4.33. The number of thiophene rings is 1. The van der Waals surface area contributed by atoms with E-state index >= 15 is 0 Å². The van der Waals surface area contributed by atoms with E-state index in [1.807, 2.05) is 27.7 Å². The van der Waals surface area contributed by atoms with Gasteiger partial charge in [-0.2, -0.15) is 13.2 Å². The normalized spacial score (nSPS) is 20.8. The molecule has 7 heteroatoms. The van der Waals surface area contributed by atoms with Gasteiger partial charge in [0.15, 0.2) is 0 Å². The maximum absolute atomic E-state index is 12.9. The van der Waals surface area contributed by atoms with Crippen molar-refractivity contribution in [3.8, 4) is 0 Å². The highest BCUT2D eigenvalue weighted by Gasteiger charge is 2.51. The number of alkyl halides is 3. The highest BCUT2D eigenvalue weighted by Crippen LogP contribution is 2.39. The summed E-state index contributed by atoms with van der Waals surface area (Å²) >= 11 is 1.08. The fourth-order valence-electron chi connectivity index (χ4n) is 2.39. The Labute approximate surface area is 131 Å². The summed E-state index contributed by atoms with van der Waals surface area (Å²) in [6.45, 7) is 7.77. The summed E-state index contributed by atoms with van der Waals surface area (Å²) in [6, 6.07) is 4.86.